The van der Waals surface area contributed by atoms with Crippen LogP contribution in [-0.2, 0) is 4.74 Å². The predicted octanol–water partition coefficient (Wildman–Crippen LogP) is 2.12. The van der Waals surface area contributed by atoms with Gasteiger partial charge < -0.3 is 20.7 Å². The topological polar surface area (TPSA) is 92.4 Å². The van der Waals surface area contributed by atoms with Gasteiger partial charge in [-0.15, -0.1) is 0 Å². The lowest BCUT2D eigenvalue weighted by molar-refractivity contribution is 0.0961. The zero-order valence-electron chi connectivity index (χ0n) is 13.8. The number of amides is 2. The quantitative estimate of drug-likeness (QED) is 0.667. The average Bonchev–Trinajstić information content (AvgIpc) is 3.05. The number of nitrogens with zero attached hydrogens (tertiary/aromatic N) is 1. The van der Waals surface area contributed by atoms with Crippen LogP contribution in [-0.4, -0.2) is 44.1 Å². The van der Waals surface area contributed by atoms with E-state index in [0.29, 0.717) is 34.4 Å². The van der Waals surface area contributed by atoms with Gasteiger partial charge in [0.25, 0.3) is 11.8 Å². The molecule has 8 heteroatoms. The number of carbonyl (C=O) groups is 2. The van der Waals surface area contributed by atoms with Gasteiger partial charge in [0, 0.05) is 32.0 Å². The first-order valence-corrected chi connectivity index (χ1v) is 8.19. The van der Waals surface area contributed by atoms with E-state index >= 15 is 0 Å². The maximum absolute atomic E-state index is 12.4. The Kier molecular flexibility index (Phi) is 6.28. The fraction of sp³-hybridized carbons (Fsp3) is 0.312. The van der Waals surface area contributed by atoms with Crippen LogP contribution < -0.4 is 16.0 Å². The van der Waals surface area contributed by atoms with E-state index in [1.54, 1.807) is 32.4 Å². The minimum Gasteiger partial charge on any atom is -0.383 e. The minimum atomic E-state index is -0.260. The second-order valence-electron chi connectivity index (χ2n) is 5.01. The molecular weight excluding hydrogens is 328 g/mol. The number of rotatable bonds is 7. The van der Waals surface area contributed by atoms with Crippen molar-refractivity contribution in [2.45, 2.75) is 6.92 Å². The Morgan fingerprint density at radius 2 is 2.08 bits per heavy atom. The molecule has 0 aliphatic heterocycles. The third kappa shape index (κ3) is 4.53. The molecule has 3 N–H and O–H groups in total. The number of carbonyl (C=O) groups excluding carboxylic acids is 2. The van der Waals surface area contributed by atoms with Gasteiger partial charge in [0.2, 0.25) is 0 Å². The third-order valence-corrected chi connectivity index (χ3v) is 4.24. The van der Waals surface area contributed by atoms with Gasteiger partial charge in [-0.2, -0.15) is 0 Å². The van der Waals surface area contributed by atoms with Gasteiger partial charge in [-0.3, -0.25) is 9.59 Å². The van der Waals surface area contributed by atoms with E-state index in [9.17, 15) is 9.59 Å². The van der Waals surface area contributed by atoms with Crippen molar-refractivity contribution in [2.24, 2.45) is 0 Å². The van der Waals surface area contributed by atoms with Crippen molar-refractivity contribution in [3.8, 4) is 0 Å². The summed E-state index contributed by atoms with van der Waals surface area (Å²) in [7, 11) is 3.19. The maximum Gasteiger partial charge on any atom is 0.267 e. The summed E-state index contributed by atoms with van der Waals surface area (Å²) >= 11 is 1.26. The molecular formula is C16H20N4O3S. The van der Waals surface area contributed by atoms with Crippen molar-refractivity contribution in [3.63, 3.8) is 0 Å². The molecule has 0 unspecified atom stereocenters. The number of thiazole rings is 1. The highest BCUT2D eigenvalue weighted by Gasteiger charge is 2.13. The first-order valence-electron chi connectivity index (χ1n) is 7.38. The number of aromatic nitrogens is 1. The van der Waals surface area contributed by atoms with Crippen LogP contribution in [0.3, 0.4) is 0 Å². The number of anilines is 2. The van der Waals surface area contributed by atoms with Crippen LogP contribution >= 0.6 is 11.3 Å². The molecule has 24 heavy (non-hydrogen) atoms. The molecule has 0 saturated heterocycles. The van der Waals surface area contributed by atoms with Crippen molar-refractivity contribution in [2.75, 3.05) is 37.9 Å². The molecule has 0 radical (unpaired) electrons. The zero-order valence-corrected chi connectivity index (χ0v) is 14.6. The van der Waals surface area contributed by atoms with E-state index < -0.39 is 0 Å². The van der Waals surface area contributed by atoms with E-state index in [1.165, 1.54) is 17.5 Å². The molecule has 128 valence electrons. The van der Waals surface area contributed by atoms with Crippen LogP contribution in [0.4, 0.5) is 10.8 Å². The summed E-state index contributed by atoms with van der Waals surface area (Å²) in [6.45, 7) is 3.05. The molecule has 2 rings (SSSR count). The van der Waals surface area contributed by atoms with Gasteiger partial charge >= 0.3 is 0 Å². The van der Waals surface area contributed by atoms with E-state index in [4.69, 9.17) is 4.74 Å². The van der Waals surface area contributed by atoms with Gasteiger partial charge in [0.15, 0.2) is 5.13 Å². The lowest BCUT2D eigenvalue weighted by Gasteiger charge is -2.09. The van der Waals surface area contributed by atoms with Crippen LogP contribution in [0.15, 0.2) is 24.4 Å². The van der Waals surface area contributed by atoms with Gasteiger partial charge in [0.05, 0.1) is 12.8 Å². The Bertz CT molecular complexity index is 730. The summed E-state index contributed by atoms with van der Waals surface area (Å²) in [6, 6.07) is 5.17. The molecule has 0 bridgehead atoms. The highest BCUT2D eigenvalue weighted by molar-refractivity contribution is 7.17. The van der Waals surface area contributed by atoms with Crippen LogP contribution in [0.5, 0.6) is 0 Å². The number of methoxy groups -OCH3 is 1. The first-order chi connectivity index (χ1) is 11.5. The molecule has 7 nitrogen and oxygen atoms in total. The van der Waals surface area contributed by atoms with E-state index in [-0.39, 0.29) is 11.8 Å². The second kappa shape index (κ2) is 8.42. The van der Waals surface area contributed by atoms with Crippen LogP contribution in [0, 0.1) is 6.92 Å². The van der Waals surface area contributed by atoms with Crippen molar-refractivity contribution in [1.82, 2.24) is 10.3 Å². The summed E-state index contributed by atoms with van der Waals surface area (Å²) in [5, 5.41) is 9.13. The first kappa shape index (κ1) is 17.9. The fourth-order valence-corrected chi connectivity index (χ4v) is 2.68. The Morgan fingerprint density at radius 3 is 2.79 bits per heavy atom. The largest absolute Gasteiger partial charge is 0.383 e. The summed E-state index contributed by atoms with van der Waals surface area (Å²) < 4.78 is 4.95. The summed E-state index contributed by atoms with van der Waals surface area (Å²) in [6.07, 6.45) is 1.52. The number of hydrogen-bond acceptors (Lipinski definition) is 6. The number of hydrogen-bond donors (Lipinski definition) is 3. The summed E-state index contributed by atoms with van der Waals surface area (Å²) in [4.78, 5) is 28.7. The molecule has 1 aromatic heterocycles. The molecule has 0 spiro atoms. The Morgan fingerprint density at radius 1 is 1.29 bits per heavy atom. The molecule has 2 aromatic rings. The Labute approximate surface area is 144 Å². The molecule has 2 amide bonds. The SMILES string of the molecule is CNC(=O)c1ccc(C)c(NC(=O)c2cnc(NCCOC)s2)c1. The minimum absolute atomic E-state index is 0.201. The number of benzene rings is 1. The fourth-order valence-electron chi connectivity index (χ4n) is 1.95. The summed E-state index contributed by atoms with van der Waals surface area (Å²) in [5.41, 5.74) is 1.96. The molecule has 0 atom stereocenters. The highest BCUT2D eigenvalue weighted by atomic mass is 32.1. The van der Waals surface area contributed by atoms with Gasteiger partial charge in [-0.1, -0.05) is 17.4 Å². The number of aryl methyl sites for hydroxylation is 1. The third-order valence-electron chi connectivity index (χ3n) is 3.29. The van der Waals surface area contributed by atoms with Crippen LogP contribution in [0.25, 0.3) is 0 Å². The highest BCUT2D eigenvalue weighted by Crippen LogP contribution is 2.22. The standard InChI is InChI=1S/C16H20N4O3S/c1-10-4-5-11(14(21)17-2)8-12(10)20-15(22)13-9-19-16(24-13)18-6-7-23-3/h4-5,8-9H,6-7H2,1-3H3,(H,17,21)(H,18,19)(H,20,22). The smallest absolute Gasteiger partial charge is 0.267 e. The molecule has 1 heterocycles. The normalized spacial score (nSPS) is 10.3. The van der Waals surface area contributed by atoms with E-state index in [0.717, 1.165) is 5.56 Å². The van der Waals surface area contributed by atoms with Crippen LogP contribution in [0.1, 0.15) is 25.6 Å². The molecule has 0 aliphatic carbocycles. The van der Waals surface area contributed by atoms with E-state index in [1.807, 2.05) is 6.92 Å². The number of nitrogens with one attached hydrogen (secondary N) is 3. The lowest BCUT2D eigenvalue weighted by atomic mass is 10.1. The van der Waals surface area contributed by atoms with Gasteiger partial charge in [0.1, 0.15) is 4.88 Å². The lowest BCUT2D eigenvalue weighted by Crippen LogP contribution is -2.18. The second-order valence-corrected chi connectivity index (χ2v) is 6.04. The van der Waals surface area contributed by atoms with E-state index in [2.05, 4.69) is 20.9 Å². The molecule has 0 fully saturated rings. The molecule has 0 saturated carbocycles. The average molecular weight is 348 g/mol. The van der Waals surface area contributed by atoms with Crippen molar-refractivity contribution in [1.29, 1.82) is 0 Å². The zero-order chi connectivity index (χ0) is 17.5. The monoisotopic (exact) mass is 348 g/mol. The Hall–Kier alpha value is -2.45. The predicted molar refractivity (Wildman–Crippen MR) is 95.0 cm³/mol. The van der Waals surface area contributed by atoms with Crippen molar-refractivity contribution in [3.05, 3.63) is 40.4 Å². The van der Waals surface area contributed by atoms with Crippen molar-refractivity contribution >= 4 is 34.0 Å². The Balaban J connectivity index is 2.08. The van der Waals surface area contributed by atoms with Gasteiger partial charge in [-0.25, -0.2) is 4.98 Å². The van der Waals surface area contributed by atoms with Crippen molar-refractivity contribution < 1.29 is 14.3 Å². The maximum atomic E-state index is 12.4. The molecule has 1 aromatic carbocycles. The number of ether oxygens (including phenoxy) is 1. The van der Waals surface area contributed by atoms with Gasteiger partial charge in [-0.05, 0) is 24.6 Å². The van der Waals surface area contributed by atoms with Crippen LogP contribution in [0.2, 0.25) is 0 Å². The molecule has 0 aliphatic rings. The summed E-state index contributed by atoms with van der Waals surface area (Å²) in [5.74, 6) is -0.461.